The molecule has 1 aromatic heterocycles. The van der Waals surface area contributed by atoms with Crippen molar-refractivity contribution < 1.29 is 4.79 Å². The number of rotatable bonds is 3. The molecule has 1 fully saturated rings. The summed E-state index contributed by atoms with van der Waals surface area (Å²) in [7, 11) is 0. The van der Waals surface area contributed by atoms with Gasteiger partial charge in [-0.05, 0) is 26.0 Å². The Morgan fingerprint density at radius 2 is 2.31 bits per heavy atom. The van der Waals surface area contributed by atoms with Crippen molar-refractivity contribution in [3.63, 3.8) is 0 Å². The minimum Gasteiger partial charge on any atom is -0.332 e. The van der Waals surface area contributed by atoms with Crippen LogP contribution in [-0.2, 0) is 0 Å². The first kappa shape index (κ1) is 11.1. The molecule has 0 unspecified atom stereocenters. The molecule has 0 aliphatic carbocycles. The number of nitrogens with one attached hydrogen (secondary N) is 1. The highest BCUT2D eigenvalue weighted by Crippen LogP contribution is 2.10. The van der Waals surface area contributed by atoms with Crippen molar-refractivity contribution in [3.8, 4) is 0 Å². The summed E-state index contributed by atoms with van der Waals surface area (Å²) in [6, 6.07) is 5.89. The van der Waals surface area contributed by atoms with Crippen molar-refractivity contribution in [2.24, 2.45) is 0 Å². The van der Waals surface area contributed by atoms with Crippen molar-refractivity contribution in [2.45, 2.75) is 19.9 Å². The molecule has 0 spiro atoms. The third-order valence-corrected chi connectivity index (χ3v) is 2.91. The molecule has 1 aliphatic rings. The van der Waals surface area contributed by atoms with Crippen molar-refractivity contribution in [1.82, 2.24) is 15.2 Å². The van der Waals surface area contributed by atoms with Crippen LogP contribution in [0.25, 0.3) is 0 Å². The van der Waals surface area contributed by atoms with Crippen LogP contribution >= 0.6 is 0 Å². The fourth-order valence-corrected chi connectivity index (χ4v) is 1.87. The Kier molecular flexibility index (Phi) is 3.19. The molecule has 0 bridgehead atoms. The predicted octanol–water partition coefficient (Wildman–Crippen LogP) is 0.824. The fraction of sp³-hybridized carbons (Fsp3) is 0.500. The zero-order chi connectivity index (χ0) is 11.5. The minimum absolute atomic E-state index is 0.0395. The van der Waals surface area contributed by atoms with Gasteiger partial charge in [-0.3, -0.25) is 4.79 Å². The molecule has 0 radical (unpaired) electrons. The normalized spacial score (nSPS) is 15.6. The fourth-order valence-electron chi connectivity index (χ4n) is 1.87. The molecule has 1 amide bonds. The smallest absolute Gasteiger partial charge is 0.272 e. The molecule has 1 aromatic rings. The van der Waals surface area contributed by atoms with Crippen LogP contribution < -0.4 is 5.32 Å². The average molecular weight is 219 g/mol. The number of carbonyl (C=O) groups is 1. The van der Waals surface area contributed by atoms with Crippen LogP contribution in [0.3, 0.4) is 0 Å². The van der Waals surface area contributed by atoms with Crippen LogP contribution in [0.5, 0.6) is 0 Å². The molecule has 86 valence electrons. The maximum absolute atomic E-state index is 12.2. The third-order valence-electron chi connectivity index (χ3n) is 2.91. The van der Waals surface area contributed by atoms with Gasteiger partial charge in [0.15, 0.2) is 0 Å². The van der Waals surface area contributed by atoms with Gasteiger partial charge in [0, 0.05) is 25.3 Å². The summed E-state index contributed by atoms with van der Waals surface area (Å²) < 4.78 is 0. The van der Waals surface area contributed by atoms with E-state index < -0.39 is 0 Å². The lowest BCUT2D eigenvalue weighted by atomic mass is 10.1. The summed E-state index contributed by atoms with van der Waals surface area (Å²) in [4.78, 5) is 18.4. The van der Waals surface area contributed by atoms with Crippen LogP contribution in [0.4, 0.5) is 0 Å². The number of amides is 1. The van der Waals surface area contributed by atoms with Gasteiger partial charge in [-0.2, -0.15) is 0 Å². The Balaban J connectivity index is 2.16. The van der Waals surface area contributed by atoms with Gasteiger partial charge in [-0.15, -0.1) is 0 Å². The molecular weight excluding hydrogens is 202 g/mol. The van der Waals surface area contributed by atoms with E-state index in [1.807, 2.05) is 30.9 Å². The first-order valence-electron chi connectivity index (χ1n) is 5.67. The number of carbonyl (C=O) groups excluding carboxylic acids is 1. The zero-order valence-corrected chi connectivity index (χ0v) is 9.73. The number of pyridine rings is 1. The van der Waals surface area contributed by atoms with Gasteiger partial charge in [0.25, 0.3) is 5.91 Å². The second-order valence-electron chi connectivity index (χ2n) is 4.07. The number of aryl methyl sites for hydroxylation is 1. The summed E-state index contributed by atoms with van der Waals surface area (Å²) in [5.41, 5.74) is 1.43. The van der Waals surface area contributed by atoms with Gasteiger partial charge in [0.05, 0.1) is 6.04 Å². The lowest BCUT2D eigenvalue weighted by Crippen LogP contribution is -2.58. The van der Waals surface area contributed by atoms with Crippen LogP contribution in [0.1, 0.15) is 23.1 Å². The molecule has 0 saturated carbocycles. The van der Waals surface area contributed by atoms with Crippen LogP contribution in [0.15, 0.2) is 18.2 Å². The Morgan fingerprint density at radius 3 is 2.81 bits per heavy atom. The molecular formula is C12H17N3O. The van der Waals surface area contributed by atoms with Gasteiger partial charge in [0.1, 0.15) is 5.69 Å². The topological polar surface area (TPSA) is 45.2 Å². The molecule has 1 saturated heterocycles. The monoisotopic (exact) mass is 219 g/mol. The molecule has 2 rings (SSSR count). The van der Waals surface area contributed by atoms with Gasteiger partial charge < -0.3 is 10.2 Å². The Hall–Kier alpha value is -1.42. The maximum atomic E-state index is 12.2. The number of hydrogen-bond acceptors (Lipinski definition) is 3. The highest BCUT2D eigenvalue weighted by Gasteiger charge is 2.28. The largest absolute Gasteiger partial charge is 0.332 e. The third kappa shape index (κ3) is 2.07. The number of hydrogen-bond donors (Lipinski definition) is 1. The van der Waals surface area contributed by atoms with E-state index in [9.17, 15) is 4.79 Å². The number of aromatic nitrogens is 1. The minimum atomic E-state index is 0.0395. The average Bonchev–Trinajstić information content (AvgIpc) is 2.22. The van der Waals surface area contributed by atoms with E-state index in [0.29, 0.717) is 11.7 Å². The summed E-state index contributed by atoms with van der Waals surface area (Å²) in [5.74, 6) is 0.0395. The molecule has 1 N–H and O–H groups in total. The SMILES string of the molecule is CCN(C(=O)c1cccc(C)n1)C1CNC1. The molecule has 2 heterocycles. The van der Waals surface area contributed by atoms with Crippen molar-refractivity contribution in [3.05, 3.63) is 29.6 Å². The second-order valence-corrected chi connectivity index (χ2v) is 4.07. The van der Waals surface area contributed by atoms with Crippen LogP contribution in [0.2, 0.25) is 0 Å². The van der Waals surface area contributed by atoms with Gasteiger partial charge in [0.2, 0.25) is 0 Å². The number of likely N-dealkylation sites (N-methyl/N-ethyl adjacent to an activating group) is 1. The highest BCUT2D eigenvalue weighted by molar-refractivity contribution is 5.92. The first-order valence-corrected chi connectivity index (χ1v) is 5.67. The maximum Gasteiger partial charge on any atom is 0.272 e. The van der Waals surface area contributed by atoms with Crippen molar-refractivity contribution >= 4 is 5.91 Å². The first-order chi connectivity index (χ1) is 7.72. The van der Waals surface area contributed by atoms with E-state index in [4.69, 9.17) is 0 Å². The Morgan fingerprint density at radius 1 is 1.56 bits per heavy atom. The van der Waals surface area contributed by atoms with E-state index in [-0.39, 0.29) is 5.91 Å². The van der Waals surface area contributed by atoms with Crippen molar-refractivity contribution in [1.29, 1.82) is 0 Å². The van der Waals surface area contributed by atoms with Gasteiger partial charge in [-0.25, -0.2) is 4.98 Å². The summed E-state index contributed by atoms with van der Waals surface area (Å²) in [6.07, 6.45) is 0. The van der Waals surface area contributed by atoms with Crippen molar-refractivity contribution in [2.75, 3.05) is 19.6 Å². The quantitative estimate of drug-likeness (QED) is 0.818. The van der Waals surface area contributed by atoms with Gasteiger partial charge >= 0.3 is 0 Å². The number of nitrogens with zero attached hydrogens (tertiary/aromatic N) is 2. The predicted molar refractivity (Wildman–Crippen MR) is 62.3 cm³/mol. The summed E-state index contributed by atoms with van der Waals surface area (Å²) in [6.45, 7) is 6.43. The van der Waals surface area contributed by atoms with E-state index in [2.05, 4.69) is 10.3 Å². The zero-order valence-electron chi connectivity index (χ0n) is 9.73. The second kappa shape index (κ2) is 4.61. The van der Waals surface area contributed by atoms with Gasteiger partial charge in [-0.1, -0.05) is 6.07 Å². The molecule has 0 atom stereocenters. The lowest BCUT2D eigenvalue weighted by molar-refractivity contribution is 0.0624. The van der Waals surface area contributed by atoms with E-state index in [1.165, 1.54) is 0 Å². The lowest BCUT2D eigenvalue weighted by Gasteiger charge is -2.37. The standard InChI is InChI=1S/C12H17N3O/c1-3-15(10-7-13-8-10)12(16)11-6-4-5-9(2)14-11/h4-6,10,13H,3,7-8H2,1-2H3. The summed E-state index contributed by atoms with van der Waals surface area (Å²) >= 11 is 0. The van der Waals surface area contributed by atoms with E-state index in [1.54, 1.807) is 6.07 Å². The Bertz CT molecular complexity index is 388. The van der Waals surface area contributed by atoms with Crippen LogP contribution in [0, 0.1) is 6.92 Å². The molecule has 16 heavy (non-hydrogen) atoms. The molecule has 0 aromatic carbocycles. The Labute approximate surface area is 95.7 Å². The molecule has 4 nitrogen and oxygen atoms in total. The molecule has 4 heteroatoms. The van der Waals surface area contributed by atoms with E-state index >= 15 is 0 Å². The van der Waals surface area contributed by atoms with Crippen LogP contribution in [-0.4, -0.2) is 41.5 Å². The molecule has 1 aliphatic heterocycles. The highest BCUT2D eigenvalue weighted by atomic mass is 16.2. The van der Waals surface area contributed by atoms with E-state index in [0.717, 1.165) is 25.3 Å². The summed E-state index contributed by atoms with van der Waals surface area (Å²) in [5, 5.41) is 3.18.